The van der Waals surface area contributed by atoms with Crippen LogP contribution in [-0.4, -0.2) is 23.4 Å². The van der Waals surface area contributed by atoms with E-state index in [1.165, 1.54) is 0 Å². The number of hydrogen-bond donors (Lipinski definition) is 2. The summed E-state index contributed by atoms with van der Waals surface area (Å²) in [5, 5.41) is 8.38. The van der Waals surface area contributed by atoms with Gasteiger partial charge in [0.05, 0.1) is 0 Å². The standard InChI is InChI=1S/C8H13NO3/c1-6(8(9)12)2-3-7(11)4-5-10/h10H,1-5H2,(H2,9,12). The van der Waals surface area contributed by atoms with Gasteiger partial charge in [0.1, 0.15) is 5.78 Å². The Morgan fingerprint density at radius 3 is 2.25 bits per heavy atom. The number of aliphatic hydroxyl groups is 1. The van der Waals surface area contributed by atoms with E-state index in [1.54, 1.807) is 0 Å². The Kier molecular flexibility index (Phi) is 4.96. The Labute approximate surface area is 71.1 Å². The van der Waals surface area contributed by atoms with Crippen LogP contribution in [0.15, 0.2) is 12.2 Å². The lowest BCUT2D eigenvalue weighted by Crippen LogP contribution is -2.14. The summed E-state index contributed by atoms with van der Waals surface area (Å²) in [6, 6.07) is 0. The van der Waals surface area contributed by atoms with Crippen LogP contribution in [0, 0.1) is 0 Å². The molecule has 0 aromatic rings. The SMILES string of the molecule is C=C(CCC(=O)CCO)C(N)=O. The molecule has 0 saturated carbocycles. The number of amides is 1. The molecule has 68 valence electrons. The number of rotatable bonds is 6. The summed E-state index contributed by atoms with van der Waals surface area (Å²) in [5.74, 6) is -0.660. The third-order valence-electron chi connectivity index (χ3n) is 1.44. The first-order valence-electron chi connectivity index (χ1n) is 3.68. The van der Waals surface area contributed by atoms with Crippen molar-refractivity contribution in [2.75, 3.05) is 6.61 Å². The predicted octanol–water partition coefficient (Wildman–Crippen LogP) is -0.240. The van der Waals surface area contributed by atoms with Crippen molar-refractivity contribution in [1.29, 1.82) is 0 Å². The van der Waals surface area contributed by atoms with Gasteiger partial charge in [-0.1, -0.05) is 6.58 Å². The summed E-state index contributed by atoms with van der Waals surface area (Å²) in [6.07, 6.45) is 0.641. The number of Topliss-reactive ketones (excluding diaryl/α,β-unsaturated/α-hetero) is 1. The van der Waals surface area contributed by atoms with E-state index in [-0.39, 0.29) is 37.2 Å². The van der Waals surface area contributed by atoms with Crippen LogP contribution >= 0.6 is 0 Å². The minimum atomic E-state index is -0.577. The van der Waals surface area contributed by atoms with Gasteiger partial charge in [-0.15, -0.1) is 0 Å². The maximum absolute atomic E-state index is 10.8. The molecule has 0 heterocycles. The van der Waals surface area contributed by atoms with Crippen molar-refractivity contribution < 1.29 is 14.7 Å². The first-order chi connectivity index (χ1) is 5.57. The Morgan fingerprint density at radius 1 is 1.25 bits per heavy atom. The molecule has 0 aromatic carbocycles. The molecular weight excluding hydrogens is 158 g/mol. The summed E-state index contributed by atoms with van der Waals surface area (Å²) in [7, 11) is 0. The fourth-order valence-corrected chi connectivity index (χ4v) is 0.663. The fourth-order valence-electron chi connectivity index (χ4n) is 0.663. The molecule has 0 rings (SSSR count). The Morgan fingerprint density at radius 2 is 1.83 bits per heavy atom. The minimum absolute atomic E-state index is 0.0834. The average molecular weight is 171 g/mol. The summed E-state index contributed by atoms with van der Waals surface area (Å²) >= 11 is 0. The number of carbonyl (C=O) groups excluding carboxylic acids is 2. The Balaban J connectivity index is 3.61. The summed E-state index contributed by atoms with van der Waals surface area (Å²) in [4.78, 5) is 21.2. The lowest BCUT2D eigenvalue weighted by atomic mass is 10.1. The van der Waals surface area contributed by atoms with Crippen LogP contribution in [0.25, 0.3) is 0 Å². The molecule has 0 unspecified atom stereocenters. The first-order valence-corrected chi connectivity index (χ1v) is 3.68. The highest BCUT2D eigenvalue weighted by molar-refractivity contribution is 5.92. The maximum atomic E-state index is 10.8. The number of ketones is 1. The van der Waals surface area contributed by atoms with Crippen molar-refractivity contribution >= 4 is 11.7 Å². The molecule has 0 bridgehead atoms. The van der Waals surface area contributed by atoms with Gasteiger partial charge in [0.15, 0.2) is 0 Å². The normalized spacial score (nSPS) is 9.42. The van der Waals surface area contributed by atoms with E-state index in [2.05, 4.69) is 6.58 Å². The largest absolute Gasteiger partial charge is 0.396 e. The van der Waals surface area contributed by atoms with E-state index in [9.17, 15) is 9.59 Å². The highest BCUT2D eigenvalue weighted by atomic mass is 16.3. The highest BCUT2D eigenvalue weighted by Gasteiger charge is 2.05. The van der Waals surface area contributed by atoms with Crippen LogP contribution in [0.1, 0.15) is 19.3 Å². The van der Waals surface area contributed by atoms with E-state index in [0.29, 0.717) is 0 Å². The van der Waals surface area contributed by atoms with Crippen molar-refractivity contribution in [3.63, 3.8) is 0 Å². The van der Waals surface area contributed by atoms with Gasteiger partial charge in [0.2, 0.25) is 5.91 Å². The van der Waals surface area contributed by atoms with E-state index in [1.807, 2.05) is 0 Å². The molecule has 4 nitrogen and oxygen atoms in total. The molecule has 0 fully saturated rings. The van der Waals surface area contributed by atoms with Crippen LogP contribution in [0.3, 0.4) is 0 Å². The third-order valence-corrected chi connectivity index (χ3v) is 1.44. The van der Waals surface area contributed by atoms with Gasteiger partial charge in [-0.3, -0.25) is 9.59 Å². The fraction of sp³-hybridized carbons (Fsp3) is 0.500. The molecule has 3 N–H and O–H groups in total. The zero-order valence-electron chi connectivity index (χ0n) is 6.88. The number of nitrogens with two attached hydrogens (primary N) is 1. The molecule has 0 saturated heterocycles. The summed E-state index contributed by atoms with van der Waals surface area (Å²) in [6.45, 7) is 3.25. The maximum Gasteiger partial charge on any atom is 0.244 e. The highest BCUT2D eigenvalue weighted by Crippen LogP contribution is 2.03. The molecule has 0 radical (unpaired) electrons. The van der Waals surface area contributed by atoms with E-state index < -0.39 is 5.91 Å². The van der Waals surface area contributed by atoms with Gasteiger partial charge in [0, 0.05) is 25.0 Å². The van der Waals surface area contributed by atoms with Gasteiger partial charge in [-0.2, -0.15) is 0 Å². The van der Waals surface area contributed by atoms with Crippen LogP contribution in [0.4, 0.5) is 0 Å². The van der Waals surface area contributed by atoms with E-state index in [4.69, 9.17) is 10.8 Å². The van der Waals surface area contributed by atoms with Crippen molar-refractivity contribution in [2.24, 2.45) is 5.73 Å². The Bertz CT molecular complexity index is 198. The second-order valence-electron chi connectivity index (χ2n) is 2.48. The van der Waals surface area contributed by atoms with Crippen LogP contribution in [0.2, 0.25) is 0 Å². The van der Waals surface area contributed by atoms with E-state index in [0.717, 1.165) is 0 Å². The smallest absolute Gasteiger partial charge is 0.244 e. The summed E-state index contributed by atoms with van der Waals surface area (Å²) < 4.78 is 0. The molecule has 0 aromatic heterocycles. The minimum Gasteiger partial charge on any atom is -0.396 e. The molecule has 4 heteroatoms. The Hall–Kier alpha value is -1.16. The topological polar surface area (TPSA) is 80.4 Å². The third kappa shape index (κ3) is 4.62. The predicted molar refractivity (Wildman–Crippen MR) is 44.3 cm³/mol. The van der Waals surface area contributed by atoms with Crippen LogP contribution in [0.5, 0.6) is 0 Å². The molecular formula is C8H13NO3. The van der Waals surface area contributed by atoms with Gasteiger partial charge >= 0.3 is 0 Å². The lowest BCUT2D eigenvalue weighted by Gasteiger charge is -1.99. The van der Waals surface area contributed by atoms with Gasteiger partial charge in [-0.25, -0.2) is 0 Å². The lowest BCUT2D eigenvalue weighted by molar-refractivity contribution is -0.119. The second kappa shape index (κ2) is 5.49. The van der Waals surface area contributed by atoms with Crippen molar-refractivity contribution in [3.05, 3.63) is 12.2 Å². The van der Waals surface area contributed by atoms with Crippen molar-refractivity contribution in [3.8, 4) is 0 Å². The zero-order chi connectivity index (χ0) is 9.56. The van der Waals surface area contributed by atoms with Gasteiger partial charge < -0.3 is 10.8 Å². The van der Waals surface area contributed by atoms with Crippen molar-refractivity contribution in [1.82, 2.24) is 0 Å². The molecule has 12 heavy (non-hydrogen) atoms. The summed E-state index contributed by atoms with van der Waals surface area (Å²) in [5.41, 5.74) is 5.15. The average Bonchev–Trinajstić information content (AvgIpc) is 2.00. The molecule has 1 amide bonds. The second-order valence-corrected chi connectivity index (χ2v) is 2.48. The number of primary amides is 1. The molecule has 0 aliphatic carbocycles. The zero-order valence-corrected chi connectivity index (χ0v) is 6.88. The first kappa shape index (κ1) is 10.8. The van der Waals surface area contributed by atoms with Crippen molar-refractivity contribution in [2.45, 2.75) is 19.3 Å². The van der Waals surface area contributed by atoms with Gasteiger partial charge in [0.25, 0.3) is 0 Å². The molecule has 0 atom stereocenters. The van der Waals surface area contributed by atoms with E-state index >= 15 is 0 Å². The quantitative estimate of drug-likeness (QED) is 0.541. The molecule has 0 spiro atoms. The molecule has 0 aliphatic heterocycles. The monoisotopic (exact) mass is 171 g/mol. The molecule has 0 aliphatic rings. The number of carbonyl (C=O) groups is 2. The van der Waals surface area contributed by atoms with Crippen LogP contribution in [-0.2, 0) is 9.59 Å². The van der Waals surface area contributed by atoms with Crippen LogP contribution < -0.4 is 5.73 Å². The number of aliphatic hydroxyl groups excluding tert-OH is 1. The van der Waals surface area contributed by atoms with Gasteiger partial charge in [-0.05, 0) is 6.42 Å². The number of hydrogen-bond acceptors (Lipinski definition) is 3.